The molecule has 0 radical (unpaired) electrons. The van der Waals surface area contributed by atoms with Crippen LogP contribution in [-0.2, 0) is 6.42 Å². The molecule has 0 unspecified atom stereocenters. The first-order valence-corrected chi connectivity index (χ1v) is 9.93. The van der Waals surface area contributed by atoms with Crippen LogP contribution in [-0.4, -0.2) is 55.6 Å². The maximum absolute atomic E-state index is 5.62. The number of aryl methyl sites for hydroxylation is 1. The molecule has 6 heteroatoms. The van der Waals surface area contributed by atoms with Crippen LogP contribution in [0.5, 0.6) is 0 Å². The van der Waals surface area contributed by atoms with Gasteiger partial charge in [-0.3, -0.25) is 4.99 Å². The lowest BCUT2D eigenvalue weighted by Gasteiger charge is -2.26. The van der Waals surface area contributed by atoms with Crippen molar-refractivity contribution in [2.24, 2.45) is 4.99 Å². The fourth-order valence-corrected chi connectivity index (χ4v) is 3.30. The Morgan fingerprint density at radius 1 is 1.11 bits per heavy atom. The highest BCUT2D eigenvalue weighted by molar-refractivity contribution is 5.79. The Hall–Kier alpha value is -2.34. The van der Waals surface area contributed by atoms with E-state index < -0.39 is 0 Å². The maximum Gasteiger partial charge on any atom is 0.226 e. The Bertz CT molecular complexity index is 716. The van der Waals surface area contributed by atoms with Crippen LogP contribution in [0.25, 0.3) is 11.5 Å². The average Bonchev–Trinajstić information content (AvgIpc) is 3.17. The molecule has 146 valence electrons. The lowest BCUT2D eigenvalue weighted by Crippen LogP contribution is -2.43. The highest BCUT2D eigenvalue weighted by atomic mass is 16.3. The molecular formula is C21H31N5O. The van der Waals surface area contributed by atoms with Crippen molar-refractivity contribution in [2.75, 3.05) is 39.8 Å². The topological polar surface area (TPSA) is 65.7 Å². The predicted molar refractivity (Wildman–Crippen MR) is 110 cm³/mol. The summed E-state index contributed by atoms with van der Waals surface area (Å²) >= 11 is 0. The van der Waals surface area contributed by atoms with Gasteiger partial charge < -0.3 is 20.0 Å². The van der Waals surface area contributed by atoms with Gasteiger partial charge in [-0.2, -0.15) is 0 Å². The number of hydrogen-bond donors (Lipinski definition) is 2. The molecule has 0 spiro atoms. The van der Waals surface area contributed by atoms with E-state index in [9.17, 15) is 0 Å². The number of hydrogen-bond acceptors (Lipinski definition) is 4. The van der Waals surface area contributed by atoms with Crippen molar-refractivity contribution in [3.8, 4) is 11.5 Å². The molecule has 1 aromatic carbocycles. The van der Waals surface area contributed by atoms with Gasteiger partial charge in [0.2, 0.25) is 5.89 Å². The molecule has 6 nitrogen and oxygen atoms in total. The zero-order valence-corrected chi connectivity index (χ0v) is 16.5. The van der Waals surface area contributed by atoms with Crippen LogP contribution in [0, 0.1) is 6.92 Å². The summed E-state index contributed by atoms with van der Waals surface area (Å²) in [6, 6.07) is 8.22. The first kappa shape index (κ1) is 19.4. The van der Waals surface area contributed by atoms with E-state index in [-0.39, 0.29) is 0 Å². The van der Waals surface area contributed by atoms with Crippen LogP contribution in [0.2, 0.25) is 0 Å². The summed E-state index contributed by atoms with van der Waals surface area (Å²) in [4.78, 5) is 11.4. The molecule has 0 saturated carbocycles. The van der Waals surface area contributed by atoms with Crippen LogP contribution in [0.15, 0.2) is 39.9 Å². The normalized spacial score (nSPS) is 15.7. The summed E-state index contributed by atoms with van der Waals surface area (Å²) < 4.78 is 5.62. The van der Waals surface area contributed by atoms with E-state index in [4.69, 9.17) is 4.42 Å². The molecule has 1 aromatic heterocycles. The van der Waals surface area contributed by atoms with Crippen molar-refractivity contribution >= 4 is 5.96 Å². The Labute approximate surface area is 162 Å². The SMILES string of the molecule is CN=C(NCCc1coc(-c2ccc(C)cc2)n1)NCCN1CCCCC1. The summed E-state index contributed by atoms with van der Waals surface area (Å²) in [6.45, 7) is 7.28. The van der Waals surface area contributed by atoms with Crippen molar-refractivity contribution in [2.45, 2.75) is 32.6 Å². The molecule has 27 heavy (non-hydrogen) atoms. The maximum atomic E-state index is 5.62. The van der Waals surface area contributed by atoms with Crippen LogP contribution < -0.4 is 10.6 Å². The van der Waals surface area contributed by atoms with E-state index in [1.165, 1.54) is 37.9 Å². The largest absolute Gasteiger partial charge is 0.444 e. The molecule has 2 aromatic rings. The second kappa shape index (κ2) is 10.1. The van der Waals surface area contributed by atoms with Gasteiger partial charge in [0, 0.05) is 38.7 Å². The molecule has 0 atom stereocenters. The molecule has 3 rings (SSSR count). The number of likely N-dealkylation sites (tertiary alicyclic amines) is 1. The second-order valence-electron chi connectivity index (χ2n) is 7.09. The Kier molecular flexibility index (Phi) is 7.27. The number of nitrogens with zero attached hydrogens (tertiary/aromatic N) is 3. The van der Waals surface area contributed by atoms with Crippen molar-refractivity contribution < 1.29 is 4.42 Å². The molecule has 0 bridgehead atoms. The van der Waals surface area contributed by atoms with E-state index in [0.717, 1.165) is 43.3 Å². The zero-order valence-electron chi connectivity index (χ0n) is 16.5. The fourth-order valence-electron chi connectivity index (χ4n) is 3.30. The number of aliphatic imine (C=N–C) groups is 1. The summed E-state index contributed by atoms with van der Waals surface area (Å²) in [5.41, 5.74) is 3.19. The third-order valence-electron chi connectivity index (χ3n) is 4.92. The molecule has 1 aliphatic heterocycles. The molecule has 2 N–H and O–H groups in total. The van der Waals surface area contributed by atoms with E-state index in [1.807, 2.05) is 19.2 Å². The van der Waals surface area contributed by atoms with Gasteiger partial charge in [-0.05, 0) is 45.0 Å². The molecule has 1 aliphatic rings. The van der Waals surface area contributed by atoms with E-state index in [1.54, 1.807) is 6.26 Å². The number of aromatic nitrogens is 1. The molecule has 1 saturated heterocycles. The first-order chi connectivity index (χ1) is 13.2. The summed E-state index contributed by atoms with van der Waals surface area (Å²) in [5.74, 6) is 1.52. The van der Waals surface area contributed by atoms with E-state index >= 15 is 0 Å². The molecule has 0 aliphatic carbocycles. The van der Waals surface area contributed by atoms with Gasteiger partial charge in [0.25, 0.3) is 0 Å². The Balaban J connectivity index is 1.38. The van der Waals surface area contributed by atoms with Gasteiger partial charge in [-0.25, -0.2) is 4.98 Å². The predicted octanol–water partition coefficient (Wildman–Crippen LogP) is 2.84. The Morgan fingerprint density at radius 2 is 1.85 bits per heavy atom. The average molecular weight is 370 g/mol. The van der Waals surface area contributed by atoms with Crippen molar-refractivity contribution in [3.63, 3.8) is 0 Å². The van der Waals surface area contributed by atoms with Crippen LogP contribution in [0.3, 0.4) is 0 Å². The van der Waals surface area contributed by atoms with Gasteiger partial charge in [-0.15, -0.1) is 0 Å². The van der Waals surface area contributed by atoms with Gasteiger partial charge >= 0.3 is 0 Å². The minimum absolute atomic E-state index is 0.675. The lowest BCUT2D eigenvalue weighted by molar-refractivity contribution is 0.232. The number of guanidine groups is 1. The van der Waals surface area contributed by atoms with Gasteiger partial charge in [0.05, 0.1) is 5.69 Å². The van der Waals surface area contributed by atoms with Crippen LogP contribution >= 0.6 is 0 Å². The third kappa shape index (κ3) is 6.10. The number of rotatable bonds is 7. The molecule has 0 amide bonds. The van der Waals surface area contributed by atoms with Crippen LogP contribution in [0.1, 0.15) is 30.5 Å². The molecule has 2 heterocycles. The highest BCUT2D eigenvalue weighted by Crippen LogP contribution is 2.19. The number of nitrogens with one attached hydrogen (secondary N) is 2. The standard InChI is InChI=1S/C21H31N5O/c1-17-6-8-18(9-7-17)20-25-19(16-27-20)10-11-23-21(22-2)24-12-15-26-13-4-3-5-14-26/h6-9,16H,3-5,10-15H2,1-2H3,(H2,22,23,24). The minimum Gasteiger partial charge on any atom is -0.444 e. The van der Waals surface area contributed by atoms with Crippen LogP contribution in [0.4, 0.5) is 0 Å². The van der Waals surface area contributed by atoms with Crippen molar-refractivity contribution in [1.82, 2.24) is 20.5 Å². The Morgan fingerprint density at radius 3 is 2.59 bits per heavy atom. The third-order valence-corrected chi connectivity index (χ3v) is 4.92. The zero-order chi connectivity index (χ0) is 18.9. The number of oxazole rings is 1. The first-order valence-electron chi connectivity index (χ1n) is 9.93. The van der Waals surface area contributed by atoms with E-state index in [2.05, 4.69) is 44.6 Å². The summed E-state index contributed by atoms with van der Waals surface area (Å²) in [6.07, 6.45) is 6.57. The lowest BCUT2D eigenvalue weighted by atomic mass is 10.1. The molecular weight excluding hydrogens is 338 g/mol. The molecule has 1 fully saturated rings. The fraction of sp³-hybridized carbons (Fsp3) is 0.524. The monoisotopic (exact) mass is 369 g/mol. The summed E-state index contributed by atoms with van der Waals surface area (Å²) in [5, 5.41) is 6.74. The van der Waals surface area contributed by atoms with Gasteiger partial charge in [0.15, 0.2) is 5.96 Å². The van der Waals surface area contributed by atoms with Crippen molar-refractivity contribution in [3.05, 3.63) is 41.8 Å². The smallest absolute Gasteiger partial charge is 0.226 e. The number of benzene rings is 1. The van der Waals surface area contributed by atoms with Gasteiger partial charge in [0.1, 0.15) is 6.26 Å². The van der Waals surface area contributed by atoms with Crippen molar-refractivity contribution in [1.29, 1.82) is 0 Å². The second-order valence-corrected chi connectivity index (χ2v) is 7.09. The highest BCUT2D eigenvalue weighted by Gasteiger charge is 2.10. The number of piperidine rings is 1. The minimum atomic E-state index is 0.675. The summed E-state index contributed by atoms with van der Waals surface area (Å²) in [7, 11) is 1.81. The quantitative estimate of drug-likeness (QED) is 0.580. The van der Waals surface area contributed by atoms with Gasteiger partial charge in [-0.1, -0.05) is 24.1 Å². The van der Waals surface area contributed by atoms with E-state index in [0.29, 0.717) is 5.89 Å².